The van der Waals surface area contributed by atoms with E-state index < -0.39 is 11.7 Å². The molecule has 0 aliphatic carbocycles. The van der Waals surface area contributed by atoms with Crippen LogP contribution in [0.2, 0.25) is 0 Å². The number of ether oxygens (including phenoxy) is 2. The number of nitrogens with one attached hydrogen (secondary N) is 2. The fraction of sp³-hybridized carbons (Fsp3) is 0.462. The van der Waals surface area contributed by atoms with Crippen LogP contribution in [0.3, 0.4) is 0 Å². The summed E-state index contributed by atoms with van der Waals surface area (Å²) in [6, 6.07) is 14.1. The molecular weight excluding hydrogens is 418 g/mol. The molecule has 0 spiro atoms. The first-order valence-corrected chi connectivity index (χ1v) is 11.5. The Morgan fingerprint density at radius 1 is 1.18 bits per heavy atom. The second-order valence-corrected chi connectivity index (χ2v) is 9.76. The van der Waals surface area contributed by atoms with Crippen molar-refractivity contribution in [1.82, 2.24) is 10.2 Å². The number of fused-ring (bicyclic) bond motifs is 1. The molecule has 0 radical (unpaired) electrons. The number of imide groups is 1. The predicted molar refractivity (Wildman–Crippen MR) is 128 cm³/mol. The van der Waals surface area contributed by atoms with Crippen molar-refractivity contribution in [2.75, 3.05) is 32.1 Å². The molecule has 2 amide bonds. The van der Waals surface area contributed by atoms with E-state index in [-0.39, 0.29) is 12.5 Å². The minimum atomic E-state index is -0.646. The number of hydrogen-bond acceptors (Lipinski definition) is 6. The zero-order valence-electron chi connectivity index (χ0n) is 19.8. The molecule has 2 aromatic carbocycles. The minimum absolute atomic E-state index is 0.245. The molecule has 2 heterocycles. The van der Waals surface area contributed by atoms with Crippen LogP contribution in [-0.4, -0.2) is 49.2 Å². The molecule has 33 heavy (non-hydrogen) atoms. The Hall–Kier alpha value is -3.06. The molecule has 2 atom stereocenters. The third-order valence-electron chi connectivity index (χ3n) is 6.25. The molecule has 1 fully saturated rings. The summed E-state index contributed by atoms with van der Waals surface area (Å²) in [5, 5.41) is 7.02. The van der Waals surface area contributed by atoms with Gasteiger partial charge < -0.3 is 20.1 Å². The summed E-state index contributed by atoms with van der Waals surface area (Å²) < 4.78 is 10.7. The van der Waals surface area contributed by atoms with E-state index in [0.29, 0.717) is 17.4 Å². The average molecular weight is 452 g/mol. The highest BCUT2D eigenvalue weighted by Crippen LogP contribution is 2.32. The maximum atomic E-state index is 12.8. The Morgan fingerprint density at radius 3 is 2.64 bits per heavy atom. The summed E-state index contributed by atoms with van der Waals surface area (Å²) in [6.07, 6.45) is 0.473. The smallest absolute Gasteiger partial charge is 0.417 e. The molecule has 2 aromatic rings. The normalized spacial score (nSPS) is 20.4. The van der Waals surface area contributed by atoms with Crippen molar-refractivity contribution in [2.24, 2.45) is 5.92 Å². The van der Waals surface area contributed by atoms with Gasteiger partial charge >= 0.3 is 6.09 Å². The van der Waals surface area contributed by atoms with E-state index in [2.05, 4.69) is 22.8 Å². The van der Waals surface area contributed by atoms with Crippen molar-refractivity contribution in [3.8, 4) is 5.75 Å². The first kappa shape index (κ1) is 23.1. The molecular formula is C26H33N3O4. The zero-order valence-corrected chi connectivity index (χ0v) is 19.8. The van der Waals surface area contributed by atoms with Crippen LogP contribution >= 0.6 is 0 Å². The quantitative estimate of drug-likeness (QED) is 0.702. The van der Waals surface area contributed by atoms with Gasteiger partial charge in [0.05, 0.1) is 13.7 Å². The average Bonchev–Trinajstić information content (AvgIpc) is 3.13. The number of methoxy groups -OCH3 is 1. The van der Waals surface area contributed by atoms with Crippen LogP contribution in [0.4, 0.5) is 10.5 Å². The Morgan fingerprint density at radius 2 is 1.94 bits per heavy atom. The van der Waals surface area contributed by atoms with Gasteiger partial charge in [-0.1, -0.05) is 18.2 Å². The van der Waals surface area contributed by atoms with Crippen LogP contribution in [0.25, 0.3) is 0 Å². The number of carbonyl (C=O) groups excluding carboxylic acids is 2. The molecule has 1 saturated heterocycles. The number of piperidine rings is 1. The predicted octanol–water partition coefficient (Wildman–Crippen LogP) is 4.39. The van der Waals surface area contributed by atoms with Crippen molar-refractivity contribution in [3.05, 3.63) is 59.2 Å². The maximum Gasteiger partial charge on any atom is 0.417 e. The van der Waals surface area contributed by atoms with Crippen molar-refractivity contribution < 1.29 is 19.1 Å². The van der Waals surface area contributed by atoms with E-state index in [9.17, 15) is 9.59 Å². The molecule has 4 rings (SSSR count). The largest absolute Gasteiger partial charge is 0.497 e. The van der Waals surface area contributed by atoms with E-state index in [0.717, 1.165) is 43.1 Å². The fourth-order valence-corrected chi connectivity index (χ4v) is 4.55. The number of hydrogen-bond donors (Lipinski definition) is 2. The number of anilines is 1. The van der Waals surface area contributed by atoms with Crippen molar-refractivity contribution >= 4 is 17.7 Å². The zero-order chi connectivity index (χ0) is 23.6. The first-order valence-electron chi connectivity index (χ1n) is 11.5. The summed E-state index contributed by atoms with van der Waals surface area (Å²) in [5.41, 5.74) is 2.95. The minimum Gasteiger partial charge on any atom is -0.497 e. The lowest BCUT2D eigenvalue weighted by Gasteiger charge is -2.33. The lowest BCUT2D eigenvalue weighted by Crippen LogP contribution is -2.39. The van der Waals surface area contributed by atoms with Gasteiger partial charge in [-0.05, 0) is 81.0 Å². The van der Waals surface area contributed by atoms with Crippen LogP contribution in [0, 0.1) is 5.92 Å². The molecule has 0 bridgehead atoms. The highest BCUT2D eigenvalue weighted by Gasteiger charge is 2.35. The van der Waals surface area contributed by atoms with Gasteiger partial charge in [0.1, 0.15) is 11.4 Å². The SMILES string of the molecule is COc1ccc([C@@H]2CCNC[C@H]2CNc2ccc3c(c2)C(=O)N(C(=O)OC(C)(C)C)C3)cc1. The monoisotopic (exact) mass is 451 g/mol. The number of nitrogens with zero attached hydrogens (tertiary/aromatic N) is 1. The van der Waals surface area contributed by atoms with E-state index in [4.69, 9.17) is 9.47 Å². The number of rotatable bonds is 5. The van der Waals surface area contributed by atoms with Crippen molar-refractivity contribution in [3.63, 3.8) is 0 Å². The standard InChI is InChI=1S/C26H33N3O4/c1-26(2,3)33-25(31)29-16-18-5-8-20(13-23(18)24(29)30)28-15-19-14-27-12-11-22(19)17-6-9-21(32-4)10-7-17/h5-10,13,19,22,27-28H,11-12,14-16H2,1-4H3/t19-,22-/m0/s1. The van der Waals surface area contributed by atoms with Gasteiger partial charge in [0.15, 0.2) is 0 Å². The van der Waals surface area contributed by atoms with Crippen molar-refractivity contribution in [2.45, 2.75) is 45.3 Å². The molecule has 0 aromatic heterocycles. The first-order chi connectivity index (χ1) is 15.7. The maximum absolute atomic E-state index is 12.8. The summed E-state index contributed by atoms with van der Waals surface area (Å²) in [4.78, 5) is 26.4. The third kappa shape index (κ3) is 5.30. The van der Waals surface area contributed by atoms with Crippen LogP contribution in [-0.2, 0) is 11.3 Å². The van der Waals surface area contributed by atoms with E-state index in [1.165, 1.54) is 10.5 Å². The Balaban J connectivity index is 1.42. The molecule has 176 valence electrons. The summed E-state index contributed by atoms with van der Waals surface area (Å²) in [5.74, 6) is 1.42. The molecule has 2 N–H and O–H groups in total. The third-order valence-corrected chi connectivity index (χ3v) is 6.25. The van der Waals surface area contributed by atoms with Crippen molar-refractivity contribution in [1.29, 1.82) is 0 Å². The molecule has 2 aliphatic heterocycles. The summed E-state index contributed by atoms with van der Waals surface area (Å²) >= 11 is 0. The topological polar surface area (TPSA) is 79.9 Å². The highest BCUT2D eigenvalue weighted by molar-refractivity contribution is 6.07. The Labute approximate surface area is 195 Å². The summed E-state index contributed by atoms with van der Waals surface area (Å²) in [6.45, 7) is 8.34. The van der Waals surface area contributed by atoms with Crippen LogP contribution in [0.15, 0.2) is 42.5 Å². The lowest BCUT2D eigenvalue weighted by molar-refractivity contribution is 0.0248. The molecule has 7 heteroatoms. The van der Waals surface area contributed by atoms with Gasteiger partial charge in [-0.2, -0.15) is 0 Å². The Bertz CT molecular complexity index is 1010. The van der Waals surface area contributed by atoms with Gasteiger partial charge in [0, 0.05) is 24.3 Å². The lowest BCUT2D eigenvalue weighted by atomic mass is 9.81. The van der Waals surface area contributed by atoms with E-state index in [1.807, 2.05) is 30.3 Å². The number of amides is 2. The second-order valence-electron chi connectivity index (χ2n) is 9.76. The van der Waals surface area contributed by atoms with Gasteiger partial charge in [-0.25, -0.2) is 9.69 Å². The van der Waals surface area contributed by atoms with Crippen LogP contribution < -0.4 is 15.4 Å². The van der Waals surface area contributed by atoms with E-state index in [1.54, 1.807) is 27.9 Å². The summed E-state index contributed by atoms with van der Waals surface area (Å²) in [7, 11) is 1.68. The Kier molecular flexibility index (Phi) is 6.61. The molecule has 0 unspecified atom stereocenters. The molecule has 0 saturated carbocycles. The van der Waals surface area contributed by atoms with Crippen LogP contribution in [0.1, 0.15) is 54.6 Å². The van der Waals surface area contributed by atoms with Gasteiger partial charge in [0.25, 0.3) is 5.91 Å². The van der Waals surface area contributed by atoms with Gasteiger partial charge in [-0.15, -0.1) is 0 Å². The molecule has 2 aliphatic rings. The molecule has 7 nitrogen and oxygen atoms in total. The highest BCUT2D eigenvalue weighted by atomic mass is 16.6. The van der Waals surface area contributed by atoms with E-state index >= 15 is 0 Å². The van der Waals surface area contributed by atoms with Gasteiger partial charge in [-0.3, -0.25) is 4.79 Å². The number of benzene rings is 2. The van der Waals surface area contributed by atoms with Gasteiger partial charge in [0.2, 0.25) is 0 Å². The number of carbonyl (C=O) groups is 2. The fourth-order valence-electron chi connectivity index (χ4n) is 4.55. The van der Waals surface area contributed by atoms with Crippen LogP contribution in [0.5, 0.6) is 5.75 Å². The second kappa shape index (κ2) is 9.43.